The molecule has 0 spiro atoms. The third kappa shape index (κ3) is 15.7. The first-order chi connectivity index (χ1) is 12.9. The molecule has 3 nitrogen and oxygen atoms in total. The van der Waals surface area contributed by atoms with Crippen molar-refractivity contribution in [2.75, 3.05) is 0 Å². The lowest BCUT2D eigenvalue weighted by molar-refractivity contribution is -0.137. The van der Waals surface area contributed by atoms with Crippen molar-refractivity contribution >= 4 is 45.2 Å². The number of aliphatic carboxylic acids is 1. The van der Waals surface area contributed by atoms with Crippen LogP contribution in [0, 0.1) is 0 Å². The molecule has 0 saturated carbocycles. The van der Waals surface area contributed by atoms with Crippen molar-refractivity contribution in [2.24, 2.45) is 0 Å². The molecule has 0 rings (SSSR count). The summed E-state index contributed by atoms with van der Waals surface area (Å²) in [6, 6.07) is 0. The Morgan fingerprint density at radius 2 is 1.29 bits per heavy atom. The maximum absolute atomic E-state index is 10.4. The van der Waals surface area contributed by atoms with Crippen molar-refractivity contribution in [2.45, 2.75) is 67.8 Å². The lowest BCUT2D eigenvalue weighted by Crippen LogP contribution is -2.23. The van der Waals surface area contributed by atoms with Gasteiger partial charge in [0.05, 0.1) is 36.9 Å². The summed E-state index contributed by atoms with van der Waals surface area (Å²) >= 11 is 0. The van der Waals surface area contributed by atoms with Gasteiger partial charge in [-0.05, 0) is 25.7 Å². The molecule has 0 heterocycles. The largest absolute Gasteiger partial charge is 0.481 e. The summed E-state index contributed by atoms with van der Waals surface area (Å²) in [4.78, 5) is 10.4. The third-order valence-electron chi connectivity index (χ3n) is 3.83. The van der Waals surface area contributed by atoms with Crippen molar-refractivity contribution in [1.82, 2.24) is 0 Å². The minimum atomic E-state index is -1.76. The smallest absolute Gasteiger partial charge is 0.303 e. The number of allylic oxidation sites excluding steroid dienone is 6. The molecule has 0 bridgehead atoms. The van der Waals surface area contributed by atoms with Gasteiger partial charge in [-0.25, -0.2) is 0 Å². The molecule has 0 aliphatic carbocycles. The molecule has 10 radical (unpaired) electrons. The first-order valence-corrected chi connectivity index (χ1v) is 9.54. The quantitative estimate of drug-likeness (QED) is 0.281. The molecule has 0 aliphatic rings. The zero-order valence-corrected chi connectivity index (χ0v) is 16.8. The molecule has 1 unspecified atom stereocenters. The summed E-state index contributed by atoms with van der Waals surface area (Å²) in [6.07, 6.45) is 17.3. The van der Waals surface area contributed by atoms with Gasteiger partial charge in [-0.15, -0.1) is 0 Å². The van der Waals surface area contributed by atoms with Gasteiger partial charge in [0, 0.05) is 6.42 Å². The summed E-state index contributed by atoms with van der Waals surface area (Å²) in [6.45, 7) is 2.13. The lowest BCUT2D eigenvalue weighted by Gasteiger charge is -2.23. The van der Waals surface area contributed by atoms with E-state index in [-0.39, 0.29) is 6.42 Å². The molecule has 0 aliphatic heterocycles. The van der Waals surface area contributed by atoms with Gasteiger partial charge in [0.1, 0.15) is 7.85 Å². The number of hydrogen-bond acceptors (Lipinski definition) is 2. The second-order valence-electron chi connectivity index (χ2n) is 7.14. The van der Waals surface area contributed by atoms with Crippen molar-refractivity contribution in [1.29, 1.82) is 0 Å². The molecule has 0 fully saturated rings. The number of unbranched alkanes of at least 4 members (excludes halogenated alkanes) is 4. The van der Waals surface area contributed by atoms with Crippen LogP contribution < -0.4 is 0 Å². The Morgan fingerprint density at radius 1 is 0.786 bits per heavy atom. The fourth-order valence-corrected chi connectivity index (χ4v) is 2.18. The van der Waals surface area contributed by atoms with E-state index >= 15 is 0 Å². The van der Waals surface area contributed by atoms with Gasteiger partial charge in [0.2, 0.25) is 0 Å². The van der Waals surface area contributed by atoms with Crippen LogP contribution in [-0.2, 0) is 4.79 Å². The number of rotatable bonds is 14. The third-order valence-corrected chi connectivity index (χ3v) is 3.83. The molecule has 0 amide bonds. The monoisotopic (exact) mass is 370 g/mol. The summed E-state index contributed by atoms with van der Waals surface area (Å²) < 4.78 is 0. The zero-order chi connectivity index (χ0) is 21.7. The Bertz CT molecular complexity index is 578. The van der Waals surface area contributed by atoms with Crippen molar-refractivity contribution in [3.05, 3.63) is 48.6 Å². The molecule has 8 heteroatoms. The second kappa shape index (κ2) is 13.0. The van der Waals surface area contributed by atoms with Crippen LogP contribution in [0.5, 0.6) is 0 Å². The summed E-state index contributed by atoms with van der Waals surface area (Å²) in [5.74, 6) is -0.870. The minimum absolute atomic E-state index is 0.0513. The van der Waals surface area contributed by atoms with Crippen LogP contribution in [0.15, 0.2) is 48.6 Å². The van der Waals surface area contributed by atoms with Gasteiger partial charge in [-0.3, -0.25) is 4.79 Å². The Labute approximate surface area is 176 Å². The van der Waals surface area contributed by atoms with Gasteiger partial charge >= 0.3 is 5.97 Å². The molecule has 140 valence electrons. The molecule has 0 aromatic rings. The first-order valence-electron chi connectivity index (χ1n) is 9.54. The summed E-state index contributed by atoms with van der Waals surface area (Å²) in [5, 5.41) is 16.1. The van der Waals surface area contributed by atoms with E-state index in [1.807, 2.05) is 6.08 Å². The fourth-order valence-electron chi connectivity index (χ4n) is 2.18. The molecule has 0 saturated heterocycles. The van der Waals surface area contributed by atoms with Gasteiger partial charge in [0.15, 0.2) is 0 Å². The molecule has 28 heavy (non-hydrogen) atoms. The number of carbonyl (C=O) groups is 1. The van der Waals surface area contributed by atoms with Gasteiger partial charge in [0.25, 0.3) is 0 Å². The summed E-state index contributed by atoms with van der Waals surface area (Å²) in [7, 11) is 29.6. The molecular formula is C20H27B5O3. The van der Waals surface area contributed by atoms with Crippen LogP contribution >= 0.6 is 0 Å². The zero-order valence-electron chi connectivity index (χ0n) is 16.8. The van der Waals surface area contributed by atoms with E-state index in [9.17, 15) is 9.90 Å². The number of carboxylic acid groups (broad SMARTS) is 1. The van der Waals surface area contributed by atoms with Crippen LogP contribution in [0.25, 0.3) is 0 Å². The molecule has 1 atom stereocenters. The van der Waals surface area contributed by atoms with Crippen LogP contribution in [0.4, 0.5) is 0 Å². The van der Waals surface area contributed by atoms with E-state index < -0.39 is 21.9 Å². The van der Waals surface area contributed by atoms with E-state index in [0.717, 1.165) is 25.7 Å². The molecule has 2 N–H and O–H groups in total. The van der Waals surface area contributed by atoms with E-state index in [4.69, 9.17) is 44.3 Å². The van der Waals surface area contributed by atoms with E-state index in [1.54, 1.807) is 12.2 Å². The highest BCUT2D eigenvalue weighted by Gasteiger charge is 2.16. The highest BCUT2D eigenvalue weighted by molar-refractivity contribution is 6.44. The van der Waals surface area contributed by atoms with E-state index in [1.165, 1.54) is 30.4 Å². The number of hydrogen-bond donors (Lipinski definition) is 2. The molecular weight excluding hydrogens is 342 g/mol. The van der Waals surface area contributed by atoms with Crippen LogP contribution in [-0.4, -0.2) is 60.9 Å². The average Bonchev–Trinajstić information content (AvgIpc) is 2.58. The average molecular weight is 369 g/mol. The Morgan fingerprint density at radius 3 is 1.86 bits per heavy atom. The maximum atomic E-state index is 10.4. The number of aliphatic hydroxyl groups is 1. The maximum Gasteiger partial charge on any atom is 0.303 e. The van der Waals surface area contributed by atoms with Crippen LogP contribution in [0.1, 0.15) is 51.9 Å². The molecule has 0 aromatic carbocycles. The Kier molecular flexibility index (Phi) is 12.4. The normalized spacial score (nSPS) is 15.8. The van der Waals surface area contributed by atoms with Crippen molar-refractivity contribution < 1.29 is 15.0 Å². The van der Waals surface area contributed by atoms with Gasteiger partial charge in [-0.2, -0.15) is 0 Å². The predicted octanol–water partition coefficient (Wildman–Crippen LogP) is 2.81. The SMILES string of the molecule is [B]C([B])(/C=C\CCCCC)/C=C\C([B])([B])/C=C\C([B])(O)/C=C\CCCC(=O)O. The topological polar surface area (TPSA) is 57.5 Å². The highest BCUT2D eigenvalue weighted by Crippen LogP contribution is 2.28. The van der Waals surface area contributed by atoms with Crippen LogP contribution in [0.2, 0.25) is 10.4 Å². The van der Waals surface area contributed by atoms with Crippen LogP contribution in [0.3, 0.4) is 0 Å². The lowest BCUT2D eigenvalue weighted by atomic mass is 9.50. The Balaban J connectivity index is 4.71. The fraction of sp³-hybridized carbons (Fsp3) is 0.550. The standard InChI is InChI=1S/C20H27B5O3/c1-2-3-4-5-8-11-18(21,22)13-14-19(23,24)15-16-20(25,28)12-9-6-7-10-17(26)27/h8-9,11-16,28H,2-7,10H2,1H3,(H,26,27)/b11-8-,12-9-,14-13-,16-15-. The number of carboxylic acids is 1. The van der Waals surface area contributed by atoms with Gasteiger partial charge in [-0.1, -0.05) is 78.8 Å². The van der Waals surface area contributed by atoms with Gasteiger partial charge < -0.3 is 10.2 Å². The summed E-state index contributed by atoms with van der Waals surface area (Å²) in [5.41, 5.74) is -1.76. The van der Waals surface area contributed by atoms with E-state index in [0.29, 0.717) is 12.8 Å². The predicted molar refractivity (Wildman–Crippen MR) is 121 cm³/mol. The first kappa shape index (κ1) is 26.7. The second-order valence-corrected chi connectivity index (χ2v) is 7.14. The van der Waals surface area contributed by atoms with Crippen molar-refractivity contribution in [3.63, 3.8) is 0 Å². The highest BCUT2D eigenvalue weighted by atomic mass is 16.4. The van der Waals surface area contributed by atoms with E-state index in [2.05, 4.69) is 6.92 Å². The van der Waals surface area contributed by atoms with Crippen molar-refractivity contribution in [3.8, 4) is 0 Å². The minimum Gasteiger partial charge on any atom is -0.481 e. The Hall–Kier alpha value is -1.29. The molecule has 0 aromatic heterocycles.